The molecule has 0 aliphatic rings. The molecular formula is C18H16N2O4. The summed E-state index contributed by atoms with van der Waals surface area (Å²) in [7, 11) is 0. The van der Waals surface area contributed by atoms with E-state index < -0.39 is 11.9 Å². The number of ether oxygens (including phenoxy) is 1. The molecule has 0 radical (unpaired) electrons. The lowest BCUT2D eigenvalue weighted by molar-refractivity contribution is 0.0526. The van der Waals surface area contributed by atoms with Crippen LogP contribution in [0.3, 0.4) is 0 Å². The molecule has 0 bridgehead atoms. The van der Waals surface area contributed by atoms with E-state index in [2.05, 4.69) is 10.3 Å². The molecule has 0 fully saturated rings. The number of anilines is 1. The van der Waals surface area contributed by atoms with Crippen LogP contribution in [-0.4, -0.2) is 23.5 Å². The summed E-state index contributed by atoms with van der Waals surface area (Å²) in [5, 5.41) is 3.53. The van der Waals surface area contributed by atoms with Crippen LogP contribution in [0.2, 0.25) is 0 Å². The minimum Gasteiger partial charge on any atom is -0.462 e. The van der Waals surface area contributed by atoms with Crippen LogP contribution in [0.5, 0.6) is 0 Å². The van der Waals surface area contributed by atoms with Gasteiger partial charge in [0.05, 0.1) is 12.2 Å². The van der Waals surface area contributed by atoms with Crippen molar-refractivity contribution >= 4 is 28.7 Å². The Bertz CT molecular complexity index is 914. The number of aryl methyl sites for hydroxylation is 1. The van der Waals surface area contributed by atoms with E-state index in [9.17, 15) is 9.59 Å². The second kappa shape index (κ2) is 6.54. The van der Waals surface area contributed by atoms with Crippen molar-refractivity contribution in [3.63, 3.8) is 0 Å². The van der Waals surface area contributed by atoms with E-state index in [1.165, 1.54) is 18.3 Å². The Morgan fingerprint density at radius 2 is 2.04 bits per heavy atom. The van der Waals surface area contributed by atoms with E-state index in [1.807, 2.05) is 25.1 Å². The predicted molar refractivity (Wildman–Crippen MR) is 89.1 cm³/mol. The summed E-state index contributed by atoms with van der Waals surface area (Å²) in [5.74, 6) is -0.405. The molecule has 0 saturated carbocycles. The zero-order valence-corrected chi connectivity index (χ0v) is 13.3. The Kier molecular flexibility index (Phi) is 4.29. The van der Waals surface area contributed by atoms with Crippen molar-refractivity contribution < 1.29 is 18.7 Å². The summed E-state index contributed by atoms with van der Waals surface area (Å²) in [6.07, 6.45) is 1.44. The van der Waals surface area contributed by atoms with Gasteiger partial charge in [0, 0.05) is 17.1 Å². The maximum Gasteiger partial charge on any atom is 0.338 e. The molecule has 24 heavy (non-hydrogen) atoms. The van der Waals surface area contributed by atoms with Crippen LogP contribution in [0, 0.1) is 6.92 Å². The first-order valence-corrected chi connectivity index (χ1v) is 7.52. The zero-order valence-electron chi connectivity index (χ0n) is 13.3. The fourth-order valence-corrected chi connectivity index (χ4v) is 2.40. The van der Waals surface area contributed by atoms with Gasteiger partial charge in [0.15, 0.2) is 5.76 Å². The number of pyridine rings is 1. The normalized spacial score (nSPS) is 10.6. The lowest BCUT2D eigenvalue weighted by Crippen LogP contribution is -2.14. The van der Waals surface area contributed by atoms with Crippen LogP contribution < -0.4 is 5.32 Å². The largest absolute Gasteiger partial charge is 0.462 e. The molecule has 122 valence electrons. The first-order chi connectivity index (χ1) is 11.6. The Labute approximate surface area is 138 Å². The maximum atomic E-state index is 12.5. The number of aromatic nitrogens is 1. The average Bonchev–Trinajstić information content (AvgIpc) is 2.93. The van der Waals surface area contributed by atoms with Crippen LogP contribution in [0.4, 0.5) is 5.82 Å². The molecule has 3 aromatic rings. The molecule has 0 spiro atoms. The molecule has 0 aliphatic heterocycles. The van der Waals surface area contributed by atoms with E-state index in [0.717, 1.165) is 10.9 Å². The van der Waals surface area contributed by atoms with Gasteiger partial charge in [-0.25, -0.2) is 9.78 Å². The number of nitrogens with zero attached hydrogens (tertiary/aromatic N) is 1. The van der Waals surface area contributed by atoms with Crippen LogP contribution in [-0.2, 0) is 4.74 Å². The summed E-state index contributed by atoms with van der Waals surface area (Å²) in [6, 6.07) is 10.4. The molecule has 6 nitrogen and oxygen atoms in total. The summed E-state index contributed by atoms with van der Waals surface area (Å²) in [4.78, 5) is 28.2. The number of benzene rings is 1. The van der Waals surface area contributed by atoms with Crippen molar-refractivity contribution in [2.24, 2.45) is 0 Å². The van der Waals surface area contributed by atoms with Crippen molar-refractivity contribution in [2.45, 2.75) is 13.8 Å². The molecule has 0 atom stereocenters. The van der Waals surface area contributed by atoms with Crippen LogP contribution in [0.1, 0.15) is 33.4 Å². The molecule has 1 N–H and O–H groups in total. The van der Waals surface area contributed by atoms with E-state index >= 15 is 0 Å². The van der Waals surface area contributed by atoms with Gasteiger partial charge in [-0.2, -0.15) is 0 Å². The Morgan fingerprint density at radius 1 is 1.25 bits per heavy atom. The number of fused-ring (bicyclic) bond motifs is 1. The molecule has 0 aliphatic carbocycles. The van der Waals surface area contributed by atoms with Crippen LogP contribution in [0.25, 0.3) is 11.0 Å². The lowest BCUT2D eigenvalue weighted by Gasteiger charge is -2.05. The van der Waals surface area contributed by atoms with Gasteiger partial charge in [-0.05, 0) is 32.0 Å². The van der Waals surface area contributed by atoms with E-state index in [4.69, 9.17) is 9.15 Å². The number of hydrogen-bond donors (Lipinski definition) is 1. The third-order valence-corrected chi connectivity index (χ3v) is 3.56. The van der Waals surface area contributed by atoms with Gasteiger partial charge in [-0.3, -0.25) is 4.79 Å². The van der Waals surface area contributed by atoms with E-state index in [1.54, 1.807) is 13.0 Å². The van der Waals surface area contributed by atoms with Crippen LogP contribution >= 0.6 is 0 Å². The molecule has 0 unspecified atom stereocenters. The highest BCUT2D eigenvalue weighted by atomic mass is 16.5. The molecule has 1 amide bonds. The first kappa shape index (κ1) is 15.7. The number of esters is 1. The minimum absolute atomic E-state index is 0.222. The number of carbonyl (C=O) groups is 2. The minimum atomic E-state index is -0.463. The monoisotopic (exact) mass is 324 g/mol. The third kappa shape index (κ3) is 2.99. The topological polar surface area (TPSA) is 81.4 Å². The lowest BCUT2D eigenvalue weighted by atomic mass is 10.1. The highest BCUT2D eigenvalue weighted by Crippen LogP contribution is 2.25. The van der Waals surface area contributed by atoms with E-state index in [0.29, 0.717) is 11.1 Å². The van der Waals surface area contributed by atoms with Crippen molar-refractivity contribution in [3.8, 4) is 0 Å². The predicted octanol–water partition coefficient (Wildman–Crippen LogP) is 3.57. The van der Waals surface area contributed by atoms with Gasteiger partial charge in [-0.15, -0.1) is 0 Å². The second-order valence-electron chi connectivity index (χ2n) is 5.16. The van der Waals surface area contributed by atoms with E-state index in [-0.39, 0.29) is 18.2 Å². The second-order valence-corrected chi connectivity index (χ2v) is 5.16. The van der Waals surface area contributed by atoms with Gasteiger partial charge in [0.2, 0.25) is 0 Å². The van der Waals surface area contributed by atoms with Crippen molar-refractivity contribution in [3.05, 3.63) is 59.5 Å². The number of amides is 1. The van der Waals surface area contributed by atoms with Gasteiger partial charge >= 0.3 is 5.97 Å². The van der Waals surface area contributed by atoms with Crippen molar-refractivity contribution in [2.75, 3.05) is 11.9 Å². The smallest absolute Gasteiger partial charge is 0.338 e. The van der Waals surface area contributed by atoms with Gasteiger partial charge in [-0.1, -0.05) is 18.2 Å². The van der Waals surface area contributed by atoms with Crippen molar-refractivity contribution in [1.82, 2.24) is 4.98 Å². The summed E-state index contributed by atoms with van der Waals surface area (Å²) in [5.41, 5.74) is 1.72. The Hall–Kier alpha value is -3.15. The number of carbonyl (C=O) groups excluding carboxylic acids is 2. The highest BCUT2D eigenvalue weighted by Gasteiger charge is 2.18. The summed E-state index contributed by atoms with van der Waals surface area (Å²) in [6.45, 7) is 3.83. The molecule has 6 heteroatoms. The molecular weight excluding hydrogens is 308 g/mol. The Morgan fingerprint density at radius 3 is 2.79 bits per heavy atom. The van der Waals surface area contributed by atoms with Crippen LogP contribution in [0.15, 0.2) is 47.0 Å². The van der Waals surface area contributed by atoms with Gasteiger partial charge < -0.3 is 14.5 Å². The number of rotatable bonds is 4. The quantitative estimate of drug-likeness (QED) is 0.742. The molecule has 0 saturated heterocycles. The summed E-state index contributed by atoms with van der Waals surface area (Å²) >= 11 is 0. The number of nitrogens with one attached hydrogen (secondary N) is 1. The fourth-order valence-electron chi connectivity index (χ4n) is 2.40. The van der Waals surface area contributed by atoms with Crippen molar-refractivity contribution in [1.29, 1.82) is 0 Å². The maximum absolute atomic E-state index is 12.5. The number of para-hydroxylation sites is 1. The number of furan rings is 1. The average molecular weight is 324 g/mol. The standard InChI is InChI=1S/C18H16N2O4/c1-3-23-18(22)12-8-9-19-15(10-12)20-17(21)16-11(2)13-6-4-5-7-14(13)24-16/h4-10H,3H2,1-2H3,(H,19,20,21). The number of hydrogen-bond acceptors (Lipinski definition) is 5. The molecule has 2 heterocycles. The third-order valence-electron chi connectivity index (χ3n) is 3.56. The Balaban J connectivity index is 1.85. The molecule has 3 rings (SSSR count). The zero-order chi connectivity index (χ0) is 17.1. The highest BCUT2D eigenvalue weighted by molar-refractivity contribution is 6.06. The summed E-state index contributed by atoms with van der Waals surface area (Å²) < 4.78 is 10.6. The van der Waals surface area contributed by atoms with Gasteiger partial charge in [0.1, 0.15) is 11.4 Å². The first-order valence-electron chi connectivity index (χ1n) is 7.52. The SMILES string of the molecule is CCOC(=O)c1ccnc(NC(=O)c2oc3ccccc3c2C)c1. The molecule has 1 aromatic carbocycles. The van der Waals surface area contributed by atoms with Gasteiger partial charge in [0.25, 0.3) is 5.91 Å². The molecule has 2 aromatic heterocycles. The fraction of sp³-hybridized carbons (Fsp3) is 0.167.